The van der Waals surface area contributed by atoms with Gasteiger partial charge in [0.05, 0.1) is 5.69 Å². The molecule has 0 saturated heterocycles. The van der Waals surface area contributed by atoms with E-state index >= 15 is 0 Å². The van der Waals surface area contributed by atoms with Crippen LogP contribution in [-0.4, -0.2) is 5.96 Å². The molecule has 0 aromatic heterocycles. The monoisotopic (exact) mass is 254 g/mol. The van der Waals surface area contributed by atoms with Gasteiger partial charge in [0, 0.05) is 5.69 Å². The van der Waals surface area contributed by atoms with E-state index in [4.69, 9.17) is 11.3 Å². The lowest BCUT2D eigenvalue weighted by Crippen LogP contribution is -2.41. The molecule has 98 valence electrons. The van der Waals surface area contributed by atoms with Crippen LogP contribution in [-0.2, 0) is 0 Å². The van der Waals surface area contributed by atoms with Crippen molar-refractivity contribution in [1.29, 1.82) is 5.41 Å². The molecule has 2 aromatic rings. The Balaban J connectivity index is 2.07. The zero-order valence-electron chi connectivity index (χ0n) is 11.1. The van der Waals surface area contributed by atoms with Crippen LogP contribution < -0.4 is 16.2 Å². The van der Waals surface area contributed by atoms with E-state index in [2.05, 4.69) is 5.32 Å². The van der Waals surface area contributed by atoms with Crippen LogP contribution in [0.3, 0.4) is 0 Å². The molecule has 0 amide bonds. The Bertz CT molecular complexity index is 558. The Morgan fingerprint density at radius 1 is 0.947 bits per heavy atom. The molecular formula is C15H18N4. The number of hydrogen-bond donors (Lipinski definition) is 3. The van der Waals surface area contributed by atoms with Gasteiger partial charge < -0.3 is 5.32 Å². The lowest BCUT2D eigenvalue weighted by atomic mass is 10.2. The van der Waals surface area contributed by atoms with Gasteiger partial charge in [0.25, 0.3) is 0 Å². The zero-order chi connectivity index (χ0) is 13.8. The number of hydrogen-bond acceptors (Lipinski definition) is 2. The lowest BCUT2D eigenvalue weighted by molar-refractivity contribution is 1.10. The van der Waals surface area contributed by atoms with E-state index in [1.165, 1.54) is 10.6 Å². The molecule has 0 unspecified atom stereocenters. The Morgan fingerprint density at radius 3 is 1.95 bits per heavy atom. The molecule has 19 heavy (non-hydrogen) atoms. The van der Waals surface area contributed by atoms with Crippen LogP contribution >= 0.6 is 0 Å². The first kappa shape index (κ1) is 13.1. The van der Waals surface area contributed by atoms with Gasteiger partial charge in [0.15, 0.2) is 0 Å². The van der Waals surface area contributed by atoms with E-state index in [0.29, 0.717) is 0 Å². The first-order valence-electron chi connectivity index (χ1n) is 6.10. The highest BCUT2D eigenvalue weighted by molar-refractivity contribution is 6.02. The Hall–Kier alpha value is -2.33. The van der Waals surface area contributed by atoms with Crippen LogP contribution in [0.2, 0.25) is 0 Å². The summed E-state index contributed by atoms with van der Waals surface area (Å²) < 4.78 is 0. The minimum Gasteiger partial charge on any atom is -0.325 e. The van der Waals surface area contributed by atoms with Gasteiger partial charge in [-0.15, -0.1) is 0 Å². The SMILES string of the molecule is Cc1ccc(NC(=N)N(N)c2ccc(C)cc2)cc1. The average molecular weight is 254 g/mol. The molecule has 4 nitrogen and oxygen atoms in total. The van der Waals surface area contributed by atoms with Crippen LogP contribution in [0, 0.1) is 19.3 Å². The highest BCUT2D eigenvalue weighted by Crippen LogP contribution is 2.14. The molecule has 0 aliphatic carbocycles. The molecule has 0 spiro atoms. The molecule has 0 radical (unpaired) electrons. The summed E-state index contributed by atoms with van der Waals surface area (Å²) in [6.07, 6.45) is 0. The van der Waals surface area contributed by atoms with Crippen LogP contribution in [0.4, 0.5) is 11.4 Å². The van der Waals surface area contributed by atoms with Crippen molar-refractivity contribution in [2.45, 2.75) is 13.8 Å². The van der Waals surface area contributed by atoms with Crippen molar-refractivity contribution in [3.63, 3.8) is 0 Å². The van der Waals surface area contributed by atoms with E-state index in [-0.39, 0.29) is 5.96 Å². The van der Waals surface area contributed by atoms with Gasteiger partial charge in [-0.2, -0.15) is 0 Å². The molecule has 4 N–H and O–H groups in total. The van der Waals surface area contributed by atoms with Crippen molar-refractivity contribution in [3.8, 4) is 0 Å². The van der Waals surface area contributed by atoms with Crippen molar-refractivity contribution in [2.75, 3.05) is 10.3 Å². The van der Waals surface area contributed by atoms with Gasteiger partial charge in [0.2, 0.25) is 5.96 Å². The maximum Gasteiger partial charge on any atom is 0.214 e. The third kappa shape index (κ3) is 3.33. The van der Waals surface area contributed by atoms with Crippen molar-refractivity contribution < 1.29 is 0 Å². The van der Waals surface area contributed by atoms with Crippen LogP contribution in [0.5, 0.6) is 0 Å². The maximum absolute atomic E-state index is 7.97. The number of nitrogens with zero attached hydrogens (tertiary/aromatic N) is 1. The zero-order valence-corrected chi connectivity index (χ0v) is 11.1. The largest absolute Gasteiger partial charge is 0.325 e. The second kappa shape index (κ2) is 5.54. The molecule has 0 fully saturated rings. The quantitative estimate of drug-likeness (QED) is 0.334. The fraction of sp³-hybridized carbons (Fsp3) is 0.133. The molecule has 0 atom stereocenters. The van der Waals surface area contributed by atoms with Crippen molar-refractivity contribution in [3.05, 3.63) is 59.7 Å². The summed E-state index contributed by atoms with van der Waals surface area (Å²) in [6.45, 7) is 4.04. The molecule has 2 aromatic carbocycles. The van der Waals surface area contributed by atoms with Gasteiger partial charge in [0.1, 0.15) is 0 Å². The number of guanidine groups is 1. The van der Waals surface area contributed by atoms with Gasteiger partial charge in [-0.05, 0) is 38.1 Å². The third-order valence-corrected chi connectivity index (χ3v) is 2.87. The van der Waals surface area contributed by atoms with Gasteiger partial charge in [-0.1, -0.05) is 35.4 Å². The number of rotatable bonds is 2. The molecule has 4 heteroatoms. The molecule has 0 aliphatic rings. The first-order valence-corrected chi connectivity index (χ1v) is 6.10. The van der Waals surface area contributed by atoms with Crippen molar-refractivity contribution in [1.82, 2.24) is 0 Å². The van der Waals surface area contributed by atoms with E-state index in [1.54, 1.807) is 0 Å². The summed E-state index contributed by atoms with van der Waals surface area (Å²) in [7, 11) is 0. The summed E-state index contributed by atoms with van der Waals surface area (Å²) in [5.74, 6) is 6.04. The average Bonchev–Trinajstić information content (AvgIpc) is 2.41. The summed E-state index contributed by atoms with van der Waals surface area (Å²) in [5.41, 5.74) is 3.96. The van der Waals surface area contributed by atoms with E-state index in [1.807, 2.05) is 62.4 Å². The minimum atomic E-state index is 0.132. The Morgan fingerprint density at radius 2 is 1.42 bits per heavy atom. The van der Waals surface area contributed by atoms with E-state index in [0.717, 1.165) is 16.9 Å². The van der Waals surface area contributed by atoms with E-state index in [9.17, 15) is 0 Å². The minimum absolute atomic E-state index is 0.132. The summed E-state index contributed by atoms with van der Waals surface area (Å²) >= 11 is 0. The predicted octanol–water partition coefficient (Wildman–Crippen LogP) is 3.03. The Labute approximate surface area is 113 Å². The number of nitrogens with one attached hydrogen (secondary N) is 2. The predicted molar refractivity (Wildman–Crippen MR) is 80.4 cm³/mol. The van der Waals surface area contributed by atoms with Crippen LogP contribution in [0.15, 0.2) is 48.5 Å². The molecule has 0 bridgehead atoms. The smallest absolute Gasteiger partial charge is 0.214 e. The lowest BCUT2D eigenvalue weighted by Gasteiger charge is -2.20. The second-order valence-corrected chi connectivity index (χ2v) is 4.55. The highest BCUT2D eigenvalue weighted by Gasteiger charge is 2.07. The maximum atomic E-state index is 7.97. The topological polar surface area (TPSA) is 65.1 Å². The van der Waals surface area contributed by atoms with E-state index < -0.39 is 0 Å². The van der Waals surface area contributed by atoms with Crippen molar-refractivity contribution in [2.24, 2.45) is 5.84 Å². The van der Waals surface area contributed by atoms with Crippen molar-refractivity contribution >= 4 is 17.3 Å². The fourth-order valence-electron chi connectivity index (χ4n) is 1.67. The molecule has 2 rings (SSSR count). The summed E-state index contributed by atoms with van der Waals surface area (Å²) in [4.78, 5) is 0. The van der Waals surface area contributed by atoms with Gasteiger partial charge in [-0.3, -0.25) is 5.41 Å². The highest BCUT2D eigenvalue weighted by atomic mass is 15.5. The number of anilines is 2. The third-order valence-electron chi connectivity index (χ3n) is 2.87. The molecule has 0 saturated carbocycles. The molecule has 0 heterocycles. The number of hydrazine groups is 1. The Kier molecular flexibility index (Phi) is 3.82. The van der Waals surface area contributed by atoms with Crippen LogP contribution in [0.25, 0.3) is 0 Å². The fourth-order valence-corrected chi connectivity index (χ4v) is 1.67. The molecule has 0 aliphatic heterocycles. The molecular weight excluding hydrogens is 236 g/mol. The number of nitrogens with two attached hydrogens (primary N) is 1. The number of benzene rings is 2. The second-order valence-electron chi connectivity index (χ2n) is 4.55. The normalized spacial score (nSPS) is 10.1. The first-order chi connectivity index (χ1) is 9.06. The van der Waals surface area contributed by atoms with Crippen LogP contribution in [0.1, 0.15) is 11.1 Å². The standard InChI is InChI=1S/C15H18N4/c1-11-3-7-13(8-4-11)18-15(16)19(17)14-9-5-12(2)6-10-14/h3-10H,17H2,1-2H3,(H2,16,18). The van der Waals surface area contributed by atoms with Gasteiger partial charge >= 0.3 is 0 Å². The number of aryl methyl sites for hydroxylation is 2. The van der Waals surface area contributed by atoms with Gasteiger partial charge in [-0.25, -0.2) is 10.9 Å². The summed E-state index contributed by atoms with van der Waals surface area (Å²) in [5, 5.41) is 12.3. The summed E-state index contributed by atoms with van der Waals surface area (Å²) in [6, 6.07) is 15.5.